The molecule has 0 saturated heterocycles. The average Bonchev–Trinajstić information content (AvgIpc) is 2.83. The molecule has 20 heavy (non-hydrogen) atoms. The quantitative estimate of drug-likeness (QED) is 0.632. The summed E-state index contributed by atoms with van der Waals surface area (Å²) in [6.07, 6.45) is 1.92. The van der Waals surface area contributed by atoms with Crippen molar-refractivity contribution in [2.24, 2.45) is 0 Å². The molecule has 0 spiro atoms. The van der Waals surface area contributed by atoms with Crippen LogP contribution in [0.1, 0.15) is 29.8 Å². The van der Waals surface area contributed by atoms with Crippen molar-refractivity contribution in [2.45, 2.75) is 25.8 Å². The van der Waals surface area contributed by atoms with E-state index >= 15 is 0 Å². The Bertz CT molecular complexity index is 571. The second-order valence-corrected chi connectivity index (χ2v) is 7.29. The summed E-state index contributed by atoms with van der Waals surface area (Å²) in [5.41, 5.74) is 0.986. The Balaban J connectivity index is 2.22. The first-order valence-corrected chi connectivity index (χ1v) is 8.98. The fraction of sp³-hybridized carbons (Fsp3) is 0.333. The van der Waals surface area contributed by atoms with E-state index in [1.54, 1.807) is 23.5 Å². The van der Waals surface area contributed by atoms with E-state index in [1.165, 1.54) is 4.88 Å². The molecule has 1 aromatic heterocycles. The van der Waals surface area contributed by atoms with Crippen LogP contribution in [0.3, 0.4) is 0 Å². The van der Waals surface area contributed by atoms with Gasteiger partial charge in [0.25, 0.3) is 0 Å². The summed E-state index contributed by atoms with van der Waals surface area (Å²) in [4.78, 5) is 1.28. The second-order valence-electron chi connectivity index (χ2n) is 4.58. The molecule has 1 aromatic carbocycles. The predicted molar refractivity (Wildman–Crippen MR) is 90.9 cm³/mol. The van der Waals surface area contributed by atoms with Gasteiger partial charge in [0.2, 0.25) is 0 Å². The maximum absolute atomic E-state index is 13.7. The Morgan fingerprint density at radius 1 is 1.25 bits per heavy atom. The monoisotopic (exact) mass is 419 g/mol. The van der Waals surface area contributed by atoms with Gasteiger partial charge in [-0.05, 0) is 74.0 Å². The molecular weight excluding hydrogens is 405 g/mol. The number of hydrogen-bond donors (Lipinski definition) is 1. The molecule has 1 N–H and O–H groups in total. The topological polar surface area (TPSA) is 12.0 Å². The van der Waals surface area contributed by atoms with E-state index < -0.39 is 0 Å². The predicted octanol–water partition coefficient (Wildman–Crippen LogP) is 5.70. The SMILES string of the molecule is CCCNC(Cc1sccc1Br)c1ccc(Br)c(F)c1. The van der Waals surface area contributed by atoms with Crippen molar-refractivity contribution in [1.29, 1.82) is 0 Å². The van der Waals surface area contributed by atoms with Gasteiger partial charge in [-0.3, -0.25) is 0 Å². The first-order chi connectivity index (χ1) is 9.61. The van der Waals surface area contributed by atoms with Crippen molar-refractivity contribution in [3.8, 4) is 0 Å². The second kappa shape index (κ2) is 7.69. The molecule has 1 heterocycles. The minimum atomic E-state index is -0.212. The Morgan fingerprint density at radius 3 is 2.65 bits per heavy atom. The molecule has 0 aliphatic heterocycles. The lowest BCUT2D eigenvalue weighted by molar-refractivity contribution is 0.526. The largest absolute Gasteiger partial charge is 0.310 e. The molecule has 0 fully saturated rings. The third kappa shape index (κ3) is 4.13. The number of thiophene rings is 1. The molecule has 0 aliphatic carbocycles. The van der Waals surface area contributed by atoms with Gasteiger partial charge in [-0.15, -0.1) is 11.3 Å². The molecule has 2 aromatic rings. The minimum absolute atomic E-state index is 0.132. The van der Waals surface area contributed by atoms with E-state index in [0.717, 1.165) is 29.4 Å². The van der Waals surface area contributed by atoms with Crippen LogP contribution < -0.4 is 5.32 Å². The normalized spacial score (nSPS) is 12.6. The van der Waals surface area contributed by atoms with Crippen LogP contribution in [0.15, 0.2) is 38.6 Å². The summed E-state index contributed by atoms with van der Waals surface area (Å²) < 4.78 is 15.4. The minimum Gasteiger partial charge on any atom is -0.310 e. The van der Waals surface area contributed by atoms with Crippen LogP contribution in [0.5, 0.6) is 0 Å². The molecule has 108 valence electrons. The van der Waals surface area contributed by atoms with Crippen molar-refractivity contribution in [1.82, 2.24) is 5.32 Å². The van der Waals surface area contributed by atoms with Crippen LogP contribution in [0.4, 0.5) is 4.39 Å². The van der Waals surface area contributed by atoms with Crippen molar-refractivity contribution in [3.63, 3.8) is 0 Å². The zero-order valence-corrected chi connectivity index (χ0v) is 15.1. The van der Waals surface area contributed by atoms with Gasteiger partial charge >= 0.3 is 0 Å². The molecule has 1 atom stereocenters. The van der Waals surface area contributed by atoms with E-state index in [4.69, 9.17) is 0 Å². The van der Waals surface area contributed by atoms with E-state index in [9.17, 15) is 4.39 Å². The first kappa shape index (κ1) is 16.1. The number of halogens is 3. The van der Waals surface area contributed by atoms with Gasteiger partial charge in [-0.25, -0.2) is 4.39 Å². The average molecular weight is 421 g/mol. The van der Waals surface area contributed by atoms with Crippen molar-refractivity contribution in [2.75, 3.05) is 6.54 Å². The van der Waals surface area contributed by atoms with E-state index in [2.05, 4.69) is 55.5 Å². The summed E-state index contributed by atoms with van der Waals surface area (Å²) in [5, 5.41) is 5.57. The van der Waals surface area contributed by atoms with Gasteiger partial charge in [-0.2, -0.15) is 0 Å². The maximum atomic E-state index is 13.7. The Hall–Kier alpha value is -0.230. The standard InChI is InChI=1S/C15H16Br2FNS/c1-2-6-19-14(9-15-12(17)5-7-20-15)10-3-4-11(16)13(18)8-10/h3-5,7-8,14,19H,2,6,9H2,1H3. The molecule has 0 aliphatic rings. The first-order valence-electron chi connectivity index (χ1n) is 6.52. The molecule has 5 heteroatoms. The van der Waals surface area contributed by atoms with Crippen LogP contribution in [0.2, 0.25) is 0 Å². The van der Waals surface area contributed by atoms with Gasteiger partial charge < -0.3 is 5.32 Å². The smallest absolute Gasteiger partial charge is 0.137 e. The van der Waals surface area contributed by atoms with E-state index in [-0.39, 0.29) is 11.9 Å². The molecule has 2 rings (SSSR count). The van der Waals surface area contributed by atoms with Crippen LogP contribution in [-0.2, 0) is 6.42 Å². The third-order valence-corrected chi connectivity index (χ3v) is 5.66. The number of nitrogens with one attached hydrogen (secondary N) is 1. The van der Waals surface area contributed by atoms with Crippen LogP contribution in [0.25, 0.3) is 0 Å². The van der Waals surface area contributed by atoms with E-state index in [1.807, 2.05) is 6.07 Å². The fourth-order valence-corrected chi connectivity index (χ4v) is 3.82. The van der Waals surface area contributed by atoms with Crippen molar-refractivity contribution < 1.29 is 4.39 Å². The zero-order valence-electron chi connectivity index (χ0n) is 11.1. The summed E-state index contributed by atoms with van der Waals surface area (Å²) in [6, 6.07) is 7.54. The lowest BCUT2D eigenvalue weighted by atomic mass is 10.0. The van der Waals surface area contributed by atoms with Gasteiger partial charge in [0.1, 0.15) is 5.82 Å². The van der Waals surface area contributed by atoms with Crippen molar-refractivity contribution in [3.05, 3.63) is 54.8 Å². The summed E-state index contributed by atoms with van der Waals surface area (Å²) in [5.74, 6) is -0.212. The van der Waals surface area contributed by atoms with Gasteiger partial charge in [0.05, 0.1) is 4.47 Å². The molecule has 1 unspecified atom stereocenters. The lowest BCUT2D eigenvalue weighted by Crippen LogP contribution is -2.24. The van der Waals surface area contributed by atoms with Gasteiger partial charge in [0, 0.05) is 21.8 Å². The highest BCUT2D eigenvalue weighted by Gasteiger charge is 2.15. The molecular formula is C15H16Br2FNS. The highest BCUT2D eigenvalue weighted by Crippen LogP contribution is 2.29. The molecule has 0 bridgehead atoms. The number of benzene rings is 1. The third-order valence-electron chi connectivity index (χ3n) is 3.07. The summed E-state index contributed by atoms with van der Waals surface area (Å²) in [6.45, 7) is 3.05. The summed E-state index contributed by atoms with van der Waals surface area (Å²) >= 11 is 8.49. The zero-order chi connectivity index (χ0) is 14.5. The molecule has 0 saturated carbocycles. The Kier molecular flexibility index (Phi) is 6.20. The number of rotatable bonds is 6. The highest BCUT2D eigenvalue weighted by molar-refractivity contribution is 9.10. The van der Waals surface area contributed by atoms with Crippen molar-refractivity contribution >= 4 is 43.2 Å². The Morgan fingerprint density at radius 2 is 2.05 bits per heavy atom. The molecule has 0 radical (unpaired) electrons. The van der Waals surface area contributed by atoms with Crippen LogP contribution in [0, 0.1) is 5.82 Å². The van der Waals surface area contributed by atoms with E-state index in [0.29, 0.717) is 4.47 Å². The fourth-order valence-electron chi connectivity index (χ4n) is 2.01. The highest BCUT2D eigenvalue weighted by atomic mass is 79.9. The maximum Gasteiger partial charge on any atom is 0.137 e. The summed E-state index contributed by atoms with van der Waals surface area (Å²) in [7, 11) is 0. The van der Waals surface area contributed by atoms with Gasteiger partial charge in [-0.1, -0.05) is 13.0 Å². The number of hydrogen-bond acceptors (Lipinski definition) is 2. The van der Waals surface area contributed by atoms with Crippen LogP contribution >= 0.6 is 43.2 Å². The van der Waals surface area contributed by atoms with Crippen LogP contribution in [-0.4, -0.2) is 6.54 Å². The van der Waals surface area contributed by atoms with Gasteiger partial charge in [0.15, 0.2) is 0 Å². The lowest BCUT2D eigenvalue weighted by Gasteiger charge is -2.19. The Labute approximate surface area is 139 Å². The molecule has 0 amide bonds. The molecule has 1 nitrogen and oxygen atoms in total.